The van der Waals surface area contributed by atoms with Crippen molar-refractivity contribution in [3.8, 4) is 0 Å². The summed E-state index contributed by atoms with van der Waals surface area (Å²) in [5.41, 5.74) is 2.44. The molecule has 3 aromatic rings. The molecule has 1 aromatic carbocycles. The Hall–Kier alpha value is -2.83. The summed E-state index contributed by atoms with van der Waals surface area (Å²) >= 11 is 0. The summed E-state index contributed by atoms with van der Waals surface area (Å²) in [5.74, 6) is 0.679. The highest BCUT2D eigenvalue weighted by Gasteiger charge is 2.22. The number of aromatic nitrogens is 2. The molecule has 7 nitrogen and oxygen atoms in total. The Labute approximate surface area is 145 Å². The van der Waals surface area contributed by atoms with Crippen molar-refractivity contribution in [2.75, 3.05) is 31.1 Å². The maximum Gasteiger partial charge on any atom is 0.298 e. The van der Waals surface area contributed by atoms with E-state index in [-0.39, 0.29) is 12.3 Å². The van der Waals surface area contributed by atoms with Crippen molar-refractivity contribution in [2.24, 2.45) is 0 Å². The van der Waals surface area contributed by atoms with Gasteiger partial charge in [-0.15, -0.1) is 0 Å². The molecule has 130 valence electrons. The molecule has 0 aliphatic carbocycles. The van der Waals surface area contributed by atoms with Crippen molar-refractivity contribution in [1.82, 2.24) is 15.0 Å². The number of amides is 1. The molecular weight excluding hydrogens is 320 g/mol. The van der Waals surface area contributed by atoms with E-state index < -0.39 is 0 Å². The van der Waals surface area contributed by atoms with Gasteiger partial charge >= 0.3 is 0 Å². The van der Waals surface area contributed by atoms with Gasteiger partial charge in [-0.05, 0) is 25.5 Å². The first-order valence-electron chi connectivity index (χ1n) is 8.49. The van der Waals surface area contributed by atoms with Gasteiger partial charge in [0.15, 0.2) is 5.58 Å². The van der Waals surface area contributed by atoms with Gasteiger partial charge in [0.05, 0.1) is 12.1 Å². The molecule has 1 amide bonds. The summed E-state index contributed by atoms with van der Waals surface area (Å²) in [4.78, 5) is 21.0. The van der Waals surface area contributed by atoms with Gasteiger partial charge in [-0.3, -0.25) is 4.79 Å². The van der Waals surface area contributed by atoms with Crippen LogP contribution in [-0.4, -0.2) is 47.1 Å². The van der Waals surface area contributed by atoms with Crippen LogP contribution in [0.2, 0.25) is 0 Å². The summed E-state index contributed by atoms with van der Waals surface area (Å²) < 4.78 is 11.0. The van der Waals surface area contributed by atoms with E-state index in [4.69, 9.17) is 8.94 Å². The zero-order chi connectivity index (χ0) is 17.2. The topological polar surface area (TPSA) is 75.6 Å². The maximum atomic E-state index is 12.5. The van der Waals surface area contributed by atoms with E-state index in [0.717, 1.165) is 36.3 Å². The number of benzene rings is 1. The molecule has 0 N–H and O–H groups in total. The molecule has 0 radical (unpaired) electrons. The first-order valence-corrected chi connectivity index (χ1v) is 8.49. The van der Waals surface area contributed by atoms with Gasteiger partial charge < -0.3 is 18.7 Å². The van der Waals surface area contributed by atoms with Crippen molar-refractivity contribution < 1.29 is 13.7 Å². The second-order valence-electron chi connectivity index (χ2n) is 6.30. The van der Waals surface area contributed by atoms with E-state index in [1.54, 1.807) is 6.07 Å². The highest BCUT2D eigenvalue weighted by atomic mass is 16.5. The number of aryl methyl sites for hydroxylation is 1. The molecule has 0 bridgehead atoms. The lowest BCUT2D eigenvalue weighted by Gasteiger charge is -2.20. The molecule has 0 saturated carbocycles. The fourth-order valence-corrected chi connectivity index (χ4v) is 3.11. The Balaban J connectivity index is 1.42. The average molecular weight is 340 g/mol. The van der Waals surface area contributed by atoms with Gasteiger partial charge in [-0.1, -0.05) is 17.3 Å². The zero-order valence-electron chi connectivity index (χ0n) is 14.1. The minimum absolute atomic E-state index is 0.0653. The summed E-state index contributed by atoms with van der Waals surface area (Å²) in [7, 11) is 0. The third-order valence-electron chi connectivity index (χ3n) is 4.40. The molecule has 1 saturated heterocycles. The molecule has 0 spiro atoms. The first kappa shape index (κ1) is 15.7. The van der Waals surface area contributed by atoms with Crippen molar-refractivity contribution in [1.29, 1.82) is 0 Å². The number of rotatable bonds is 3. The van der Waals surface area contributed by atoms with Crippen LogP contribution in [0.15, 0.2) is 39.3 Å². The Bertz CT molecular complexity index is 852. The largest absolute Gasteiger partial charge is 0.423 e. The Morgan fingerprint density at radius 2 is 2.08 bits per heavy atom. The molecule has 1 fully saturated rings. The van der Waals surface area contributed by atoms with Gasteiger partial charge in [0.2, 0.25) is 5.91 Å². The number of nitrogens with zero attached hydrogens (tertiary/aromatic N) is 4. The standard InChI is InChI=1S/C18H20N4O3/c1-13-11-14(25-20-13)12-17(23)21-7-4-8-22(10-9-21)18-19-15-5-2-3-6-16(15)24-18/h2-3,5-6,11H,4,7-10,12H2,1H3. The molecule has 4 rings (SSSR count). The second-order valence-corrected chi connectivity index (χ2v) is 6.30. The number of anilines is 1. The predicted octanol–water partition coefficient (Wildman–Crippen LogP) is 2.41. The molecule has 1 aliphatic heterocycles. The number of hydrogen-bond donors (Lipinski definition) is 0. The van der Waals surface area contributed by atoms with E-state index in [1.165, 1.54) is 0 Å². The Morgan fingerprint density at radius 1 is 1.20 bits per heavy atom. The van der Waals surface area contributed by atoms with Crippen LogP contribution in [0.5, 0.6) is 0 Å². The van der Waals surface area contributed by atoms with Crippen LogP contribution in [0.25, 0.3) is 11.1 Å². The highest BCUT2D eigenvalue weighted by Crippen LogP contribution is 2.22. The average Bonchev–Trinajstić information content (AvgIpc) is 3.13. The number of carbonyl (C=O) groups excluding carboxylic acids is 1. The number of hydrogen-bond acceptors (Lipinski definition) is 6. The maximum absolute atomic E-state index is 12.5. The molecule has 0 atom stereocenters. The van der Waals surface area contributed by atoms with E-state index in [0.29, 0.717) is 24.9 Å². The Kier molecular flexibility index (Phi) is 4.13. The lowest BCUT2D eigenvalue weighted by molar-refractivity contribution is -0.130. The van der Waals surface area contributed by atoms with E-state index in [9.17, 15) is 4.79 Å². The minimum atomic E-state index is 0.0653. The zero-order valence-corrected chi connectivity index (χ0v) is 14.1. The van der Waals surface area contributed by atoms with Crippen molar-refractivity contribution in [3.63, 3.8) is 0 Å². The van der Waals surface area contributed by atoms with Gasteiger partial charge in [0, 0.05) is 32.2 Å². The Morgan fingerprint density at radius 3 is 2.88 bits per heavy atom. The summed E-state index contributed by atoms with van der Waals surface area (Å²) in [6.45, 7) is 4.74. The number of fused-ring (bicyclic) bond motifs is 1. The van der Waals surface area contributed by atoms with E-state index >= 15 is 0 Å². The first-order chi connectivity index (χ1) is 12.2. The monoisotopic (exact) mass is 340 g/mol. The number of para-hydroxylation sites is 2. The van der Waals surface area contributed by atoms with Crippen LogP contribution in [0.1, 0.15) is 17.9 Å². The van der Waals surface area contributed by atoms with Crippen molar-refractivity contribution in [2.45, 2.75) is 19.8 Å². The lowest BCUT2D eigenvalue weighted by atomic mass is 10.2. The molecule has 25 heavy (non-hydrogen) atoms. The van der Waals surface area contributed by atoms with Gasteiger partial charge in [-0.2, -0.15) is 4.98 Å². The smallest absolute Gasteiger partial charge is 0.298 e. The van der Waals surface area contributed by atoms with Crippen LogP contribution in [-0.2, 0) is 11.2 Å². The van der Waals surface area contributed by atoms with Crippen LogP contribution in [0.4, 0.5) is 6.01 Å². The van der Waals surface area contributed by atoms with Crippen LogP contribution in [0, 0.1) is 6.92 Å². The minimum Gasteiger partial charge on any atom is -0.423 e. The molecule has 7 heteroatoms. The van der Waals surface area contributed by atoms with Crippen LogP contribution >= 0.6 is 0 Å². The second kappa shape index (κ2) is 6.58. The van der Waals surface area contributed by atoms with Gasteiger partial charge in [-0.25, -0.2) is 0 Å². The van der Waals surface area contributed by atoms with Crippen LogP contribution < -0.4 is 4.90 Å². The molecule has 1 aliphatic rings. The quantitative estimate of drug-likeness (QED) is 0.729. The lowest BCUT2D eigenvalue weighted by Crippen LogP contribution is -2.36. The van der Waals surface area contributed by atoms with E-state index in [1.807, 2.05) is 36.1 Å². The van der Waals surface area contributed by atoms with Gasteiger partial charge in [0.25, 0.3) is 6.01 Å². The van der Waals surface area contributed by atoms with Gasteiger partial charge in [0.1, 0.15) is 11.3 Å². The SMILES string of the molecule is Cc1cc(CC(=O)N2CCCN(c3nc4ccccc4o3)CC2)on1. The third kappa shape index (κ3) is 3.35. The summed E-state index contributed by atoms with van der Waals surface area (Å²) in [6.07, 6.45) is 1.13. The normalized spacial score (nSPS) is 15.6. The highest BCUT2D eigenvalue weighted by molar-refractivity contribution is 5.78. The van der Waals surface area contributed by atoms with E-state index in [2.05, 4.69) is 15.0 Å². The van der Waals surface area contributed by atoms with Crippen molar-refractivity contribution >= 4 is 23.0 Å². The fourth-order valence-electron chi connectivity index (χ4n) is 3.11. The number of oxazole rings is 1. The van der Waals surface area contributed by atoms with Crippen LogP contribution in [0.3, 0.4) is 0 Å². The summed E-state index contributed by atoms with van der Waals surface area (Å²) in [6, 6.07) is 10.2. The molecular formula is C18H20N4O3. The third-order valence-corrected chi connectivity index (χ3v) is 4.40. The summed E-state index contributed by atoms with van der Waals surface area (Å²) in [5, 5.41) is 3.83. The predicted molar refractivity (Wildman–Crippen MR) is 92.4 cm³/mol. The molecule has 0 unspecified atom stereocenters. The molecule has 2 aromatic heterocycles. The molecule has 3 heterocycles. The number of carbonyl (C=O) groups is 1. The van der Waals surface area contributed by atoms with Crippen molar-refractivity contribution in [3.05, 3.63) is 41.8 Å². The fraction of sp³-hybridized carbons (Fsp3) is 0.389.